The van der Waals surface area contributed by atoms with Crippen LogP contribution in [0.2, 0.25) is 0 Å². The van der Waals surface area contributed by atoms with E-state index >= 15 is 0 Å². The number of hydrogen-bond acceptors (Lipinski definition) is 4. The van der Waals surface area contributed by atoms with Gasteiger partial charge in [0.15, 0.2) is 0 Å². The minimum Gasteiger partial charge on any atom is -0.344 e. The average Bonchev–Trinajstić information content (AvgIpc) is 3.15. The molecular formula is C19H22N2O2S2. The van der Waals surface area contributed by atoms with Crippen LogP contribution in [0.4, 0.5) is 5.69 Å². The molecule has 0 bridgehead atoms. The molecule has 132 valence electrons. The van der Waals surface area contributed by atoms with Gasteiger partial charge in [0.05, 0.1) is 17.5 Å². The predicted molar refractivity (Wildman–Crippen MR) is 104 cm³/mol. The van der Waals surface area contributed by atoms with E-state index in [1.807, 2.05) is 23.6 Å². The first-order chi connectivity index (χ1) is 12.1. The summed E-state index contributed by atoms with van der Waals surface area (Å²) in [4.78, 5) is 26.6. The van der Waals surface area contributed by atoms with E-state index < -0.39 is 0 Å². The molecule has 0 aliphatic carbocycles. The number of carbonyl (C=O) groups is 2. The lowest BCUT2D eigenvalue weighted by molar-refractivity contribution is -0.113. The summed E-state index contributed by atoms with van der Waals surface area (Å²) in [5, 5.41) is 8.10. The van der Waals surface area contributed by atoms with Gasteiger partial charge in [-0.15, -0.1) is 23.1 Å². The van der Waals surface area contributed by atoms with Crippen molar-refractivity contribution in [1.29, 1.82) is 0 Å². The van der Waals surface area contributed by atoms with E-state index in [0.29, 0.717) is 17.2 Å². The number of carbonyl (C=O) groups excluding carboxylic acids is 2. The third kappa shape index (κ3) is 4.07. The Kier molecular flexibility index (Phi) is 5.81. The molecule has 1 aliphatic heterocycles. The fourth-order valence-corrected chi connectivity index (χ4v) is 4.76. The Morgan fingerprint density at radius 1 is 1.28 bits per heavy atom. The smallest absolute Gasteiger partial charge is 0.251 e. The maximum Gasteiger partial charge on any atom is 0.251 e. The molecule has 2 amide bonds. The van der Waals surface area contributed by atoms with Crippen molar-refractivity contribution in [3.05, 3.63) is 46.2 Å². The molecule has 0 spiro atoms. The van der Waals surface area contributed by atoms with Crippen molar-refractivity contribution < 1.29 is 9.59 Å². The van der Waals surface area contributed by atoms with Crippen LogP contribution in [0.5, 0.6) is 0 Å². The summed E-state index contributed by atoms with van der Waals surface area (Å²) in [6.45, 7) is 4.32. The summed E-state index contributed by atoms with van der Waals surface area (Å²) < 4.78 is 0. The van der Waals surface area contributed by atoms with E-state index in [4.69, 9.17) is 0 Å². The van der Waals surface area contributed by atoms with Crippen molar-refractivity contribution in [2.24, 2.45) is 5.92 Å². The first-order valence-corrected chi connectivity index (χ1v) is 10.4. The zero-order chi connectivity index (χ0) is 17.8. The van der Waals surface area contributed by atoms with Crippen LogP contribution < -0.4 is 10.6 Å². The summed E-state index contributed by atoms with van der Waals surface area (Å²) in [6, 6.07) is 9.63. The Morgan fingerprint density at radius 3 is 2.76 bits per heavy atom. The molecule has 0 saturated heterocycles. The first-order valence-electron chi connectivity index (χ1n) is 8.53. The summed E-state index contributed by atoms with van der Waals surface area (Å²) in [5.74, 6) is 0.699. The second kappa shape index (κ2) is 8.06. The molecule has 2 aromatic rings. The lowest BCUT2D eigenvalue weighted by atomic mass is 9.92. The maximum atomic E-state index is 12.8. The van der Waals surface area contributed by atoms with Gasteiger partial charge in [-0.05, 0) is 35.6 Å². The van der Waals surface area contributed by atoms with Crippen molar-refractivity contribution in [2.75, 3.05) is 11.1 Å². The SMILES string of the molecule is CCC(CC)C(NC(=O)c1ccc2c(c1)NC(=O)CS2)c1cccs1. The minimum absolute atomic E-state index is 0.0162. The minimum atomic E-state index is -0.0991. The zero-order valence-electron chi connectivity index (χ0n) is 14.4. The third-order valence-electron chi connectivity index (χ3n) is 4.53. The van der Waals surface area contributed by atoms with E-state index in [9.17, 15) is 9.59 Å². The number of thiophene rings is 1. The largest absolute Gasteiger partial charge is 0.344 e. The second-order valence-electron chi connectivity index (χ2n) is 6.09. The van der Waals surface area contributed by atoms with Gasteiger partial charge in [0, 0.05) is 15.3 Å². The number of rotatable bonds is 6. The Morgan fingerprint density at radius 2 is 2.08 bits per heavy atom. The summed E-state index contributed by atoms with van der Waals surface area (Å²) in [5.41, 5.74) is 1.30. The van der Waals surface area contributed by atoms with Gasteiger partial charge < -0.3 is 10.6 Å². The van der Waals surface area contributed by atoms with Crippen LogP contribution in [0.3, 0.4) is 0 Å². The van der Waals surface area contributed by atoms with E-state index in [-0.39, 0.29) is 17.9 Å². The predicted octanol–water partition coefficient (Wildman–Crippen LogP) is 4.70. The van der Waals surface area contributed by atoms with E-state index in [0.717, 1.165) is 23.4 Å². The number of fused-ring (bicyclic) bond motifs is 1. The van der Waals surface area contributed by atoms with Crippen molar-refractivity contribution in [1.82, 2.24) is 5.32 Å². The molecule has 0 saturated carbocycles. The maximum absolute atomic E-state index is 12.8. The van der Waals surface area contributed by atoms with Gasteiger partial charge in [-0.2, -0.15) is 0 Å². The van der Waals surface area contributed by atoms with Crippen LogP contribution in [-0.4, -0.2) is 17.6 Å². The van der Waals surface area contributed by atoms with Crippen LogP contribution >= 0.6 is 23.1 Å². The zero-order valence-corrected chi connectivity index (χ0v) is 16.0. The van der Waals surface area contributed by atoms with Gasteiger partial charge in [-0.3, -0.25) is 9.59 Å². The number of nitrogens with one attached hydrogen (secondary N) is 2. The Hall–Kier alpha value is -1.79. The van der Waals surface area contributed by atoms with Crippen molar-refractivity contribution in [2.45, 2.75) is 37.6 Å². The molecule has 4 nitrogen and oxygen atoms in total. The van der Waals surface area contributed by atoms with Gasteiger partial charge >= 0.3 is 0 Å². The fraction of sp³-hybridized carbons (Fsp3) is 0.368. The first kappa shape index (κ1) is 18.0. The third-order valence-corrected chi connectivity index (χ3v) is 6.56. The quantitative estimate of drug-likeness (QED) is 0.770. The molecule has 0 fully saturated rings. The molecule has 1 aliphatic rings. The molecule has 6 heteroatoms. The molecule has 25 heavy (non-hydrogen) atoms. The van der Waals surface area contributed by atoms with Gasteiger partial charge in [0.25, 0.3) is 5.91 Å². The Labute approximate surface area is 156 Å². The molecule has 1 atom stereocenters. The lowest BCUT2D eigenvalue weighted by Crippen LogP contribution is -2.33. The fourth-order valence-electron chi connectivity index (χ4n) is 3.10. The second-order valence-corrected chi connectivity index (χ2v) is 8.09. The lowest BCUT2D eigenvalue weighted by Gasteiger charge is -2.26. The van der Waals surface area contributed by atoms with E-state index in [2.05, 4.69) is 30.5 Å². The average molecular weight is 375 g/mol. The highest BCUT2D eigenvalue weighted by Gasteiger charge is 2.24. The monoisotopic (exact) mass is 374 g/mol. The van der Waals surface area contributed by atoms with Crippen molar-refractivity contribution >= 4 is 40.6 Å². The van der Waals surface area contributed by atoms with Crippen LogP contribution in [0.15, 0.2) is 40.6 Å². The molecule has 1 aromatic heterocycles. The van der Waals surface area contributed by atoms with Crippen LogP contribution in [0.25, 0.3) is 0 Å². The molecule has 2 heterocycles. The molecular weight excluding hydrogens is 352 g/mol. The molecule has 0 radical (unpaired) electrons. The van der Waals surface area contributed by atoms with Crippen LogP contribution in [0.1, 0.15) is 48.0 Å². The van der Waals surface area contributed by atoms with Crippen LogP contribution in [-0.2, 0) is 4.79 Å². The summed E-state index contributed by atoms with van der Waals surface area (Å²) in [6.07, 6.45) is 2.02. The van der Waals surface area contributed by atoms with Gasteiger partial charge in [0.2, 0.25) is 5.91 Å². The van der Waals surface area contributed by atoms with Crippen molar-refractivity contribution in [3.8, 4) is 0 Å². The highest BCUT2D eigenvalue weighted by molar-refractivity contribution is 8.00. The molecule has 1 aromatic carbocycles. The number of benzene rings is 1. The van der Waals surface area contributed by atoms with Crippen LogP contribution in [0, 0.1) is 5.92 Å². The van der Waals surface area contributed by atoms with Crippen molar-refractivity contribution in [3.63, 3.8) is 0 Å². The normalized spacial score (nSPS) is 14.8. The molecule has 2 N–H and O–H groups in total. The summed E-state index contributed by atoms with van der Waals surface area (Å²) >= 11 is 3.17. The van der Waals surface area contributed by atoms with E-state index in [1.165, 1.54) is 16.6 Å². The molecule has 3 rings (SSSR count). The highest BCUT2D eigenvalue weighted by Crippen LogP contribution is 2.33. The van der Waals surface area contributed by atoms with E-state index in [1.54, 1.807) is 17.4 Å². The highest BCUT2D eigenvalue weighted by atomic mass is 32.2. The Balaban J connectivity index is 1.82. The number of hydrogen-bond donors (Lipinski definition) is 2. The van der Waals surface area contributed by atoms with Gasteiger partial charge in [-0.1, -0.05) is 32.8 Å². The number of thioether (sulfide) groups is 1. The Bertz CT molecular complexity index is 755. The van der Waals surface area contributed by atoms with Gasteiger partial charge in [0.1, 0.15) is 0 Å². The number of anilines is 1. The molecule has 1 unspecified atom stereocenters. The number of amides is 2. The van der Waals surface area contributed by atoms with Gasteiger partial charge in [-0.25, -0.2) is 0 Å². The summed E-state index contributed by atoms with van der Waals surface area (Å²) in [7, 11) is 0. The topological polar surface area (TPSA) is 58.2 Å². The standard InChI is InChI=1S/C19H22N2O2S2/c1-3-12(4-2)18(16-6-5-9-24-16)21-19(23)13-7-8-15-14(10-13)20-17(22)11-25-15/h5-10,12,18H,3-4,11H2,1-2H3,(H,20,22)(H,21,23).